The topological polar surface area (TPSA) is 171 Å². The van der Waals surface area contributed by atoms with Crippen molar-refractivity contribution in [2.75, 3.05) is 6.61 Å². The Morgan fingerprint density at radius 3 is 2.31 bits per heavy atom. The molecule has 2 aromatic carbocycles. The Kier molecular flexibility index (Phi) is 10.6. The molecule has 203 valence electrons. The number of hydrogen-bond donors (Lipinski definition) is 5. The zero-order chi connectivity index (χ0) is 27.8. The molecule has 0 saturated carbocycles. The summed E-state index contributed by atoms with van der Waals surface area (Å²) < 4.78 is 45.1. The fourth-order valence-electron chi connectivity index (χ4n) is 4.07. The number of ketones is 1. The zero-order valence-electron chi connectivity index (χ0n) is 20.3. The van der Waals surface area contributed by atoms with Gasteiger partial charge in [-0.2, -0.15) is 8.42 Å². The summed E-state index contributed by atoms with van der Waals surface area (Å²) in [5, 5.41) is 39.5. The molecule has 1 heterocycles. The Bertz CT molecular complexity index is 1450. The number of ether oxygens (including phenoxy) is 2. The number of carbonyl (C=O) groups excluding carboxylic acids is 1. The monoisotopic (exact) mass is 607 g/mol. The summed E-state index contributed by atoms with van der Waals surface area (Å²) in [5.74, 6) is -0.450. The van der Waals surface area contributed by atoms with Crippen LogP contribution in [0.25, 0.3) is 5.57 Å². The molecule has 0 unspecified atom stereocenters. The largest absolute Gasteiger partial charge is 0.460 e. The van der Waals surface area contributed by atoms with E-state index in [-0.39, 0.29) is 56.5 Å². The van der Waals surface area contributed by atoms with Crippen LogP contribution in [0.5, 0.6) is 5.75 Å². The molecule has 2 aromatic rings. The van der Waals surface area contributed by atoms with E-state index >= 15 is 0 Å². The number of rotatable bonds is 6. The van der Waals surface area contributed by atoms with Gasteiger partial charge < -0.3 is 29.9 Å². The smallest absolute Gasteiger partial charge is 0.295 e. The van der Waals surface area contributed by atoms with Crippen LogP contribution in [0.1, 0.15) is 11.1 Å². The summed E-state index contributed by atoms with van der Waals surface area (Å²) in [6.07, 6.45) is -3.56. The summed E-state index contributed by atoms with van der Waals surface area (Å²) in [6.45, 7) is -0.645. The minimum Gasteiger partial charge on any atom is -0.460 e. The van der Waals surface area contributed by atoms with Gasteiger partial charge in [0.2, 0.25) is 6.29 Å². The maximum atomic E-state index is 12.1. The van der Waals surface area contributed by atoms with Crippen LogP contribution in [0.2, 0.25) is 5.02 Å². The third kappa shape index (κ3) is 6.84. The van der Waals surface area contributed by atoms with E-state index in [1.54, 1.807) is 6.07 Å². The van der Waals surface area contributed by atoms with Crippen molar-refractivity contribution in [3.63, 3.8) is 0 Å². The van der Waals surface area contributed by atoms with Gasteiger partial charge in [0.15, 0.2) is 5.78 Å². The number of halogens is 2. The van der Waals surface area contributed by atoms with Gasteiger partial charge in [-0.3, -0.25) is 9.35 Å². The maximum Gasteiger partial charge on any atom is 0.295 e. The first-order valence-electron chi connectivity index (χ1n) is 11.1. The standard InChI is InChI=1S/C25H22Cl2O10S.Na/c26-15-9-12(5-7-17(15)29)21(14-3-1-2-4-20(14)38(33,34)35)13-6-8-18(16(27)10-13)36-25-24(32)23(31)22(30)19(11-28)37-25;/h1-10,19,22-25,28,30-32H,11H2,(H,33,34,35);/t19-,22-,23+,24-,25-;/m1./s1. The van der Waals surface area contributed by atoms with Crippen LogP contribution in [0.3, 0.4) is 0 Å². The van der Waals surface area contributed by atoms with Crippen molar-refractivity contribution >= 4 is 74.2 Å². The van der Waals surface area contributed by atoms with E-state index in [0.717, 1.165) is 0 Å². The second kappa shape index (κ2) is 12.9. The van der Waals surface area contributed by atoms with Crippen molar-refractivity contribution in [3.8, 4) is 5.75 Å². The van der Waals surface area contributed by atoms with E-state index in [1.807, 2.05) is 0 Å². The molecular weight excluding hydrogens is 586 g/mol. The van der Waals surface area contributed by atoms with Gasteiger partial charge in [0.25, 0.3) is 10.1 Å². The third-order valence-electron chi connectivity index (χ3n) is 5.97. The molecule has 0 bridgehead atoms. The summed E-state index contributed by atoms with van der Waals surface area (Å²) in [7, 11) is -4.66. The van der Waals surface area contributed by atoms with E-state index in [1.165, 1.54) is 54.6 Å². The van der Waals surface area contributed by atoms with Crippen LogP contribution in [-0.2, 0) is 19.6 Å². The Balaban J connectivity index is 0.00000420. The van der Waals surface area contributed by atoms with Gasteiger partial charge in [0.1, 0.15) is 35.1 Å². The second-order valence-electron chi connectivity index (χ2n) is 8.45. The minimum absolute atomic E-state index is 0. The summed E-state index contributed by atoms with van der Waals surface area (Å²) in [4.78, 5) is 11.5. The average Bonchev–Trinajstić information content (AvgIpc) is 2.87. The molecule has 2 aliphatic rings. The van der Waals surface area contributed by atoms with Gasteiger partial charge in [-0.25, -0.2) is 0 Å². The molecule has 1 aliphatic heterocycles. The maximum absolute atomic E-state index is 12.1. The van der Waals surface area contributed by atoms with E-state index in [4.69, 9.17) is 32.7 Å². The van der Waals surface area contributed by atoms with Crippen LogP contribution in [0.15, 0.2) is 76.2 Å². The summed E-state index contributed by atoms with van der Waals surface area (Å²) in [5.41, 5.74) is 1.07. The van der Waals surface area contributed by atoms with Gasteiger partial charge in [0, 0.05) is 35.1 Å². The Labute approximate surface area is 255 Å². The first-order valence-corrected chi connectivity index (χ1v) is 13.3. The average molecular weight is 608 g/mol. The number of hydrogen-bond acceptors (Lipinski definition) is 9. The predicted octanol–water partition coefficient (Wildman–Crippen LogP) is 1.45. The van der Waals surface area contributed by atoms with Crippen molar-refractivity contribution in [3.05, 3.63) is 87.4 Å². The normalized spacial score (nSPS) is 26.5. The second-order valence-corrected chi connectivity index (χ2v) is 10.7. The molecule has 39 heavy (non-hydrogen) atoms. The van der Waals surface area contributed by atoms with E-state index in [9.17, 15) is 38.2 Å². The fraction of sp³-hybridized carbons (Fsp3) is 0.240. The molecule has 4 rings (SSSR count). The van der Waals surface area contributed by atoms with Gasteiger partial charge in [-0.1, -0.05) is 53.5 Å². The Morgan fingerprint density at radius 1 is 1.00 bits per heavy atom. The molecular formula is C25H22Cl2NaO10S. The van der Waals surface area contributed by atoms with Crippen molar-refractivity contribution in [2.24, 2.45) is 0 Å². The number of carbonyl (C=O) groups is 1. The molecule has 1 fully saturated rings. The van der Waals surface area contributed by atoms with Gasteiger partial charge in [0.05, 0.1) is 16.7 Å². The van der Waals surface area contributed by atoms with Crippen molar-refractivity contribution in [1.82, 2.24) is 0 Å². The fourth-order valence-corrected chi connectivity index (χ4v) is 5.18. The first kappa shape index (κ1) is 31.9. The molecule has 0 spiro atoms. The molecule has 10 nitrogen and oxygen atoms in total. The van der Waals surface area contributed by atoms with Crippen LogP contribution < -0.4 is 4.74 Å². The van der Waals surface area contributed by atoms with Gasteiger partial charge >= 0.3 is 0 Å². The van der Waals surface area contributed by atoms with Crippen LogP contribution in [-0.4, -0.2) is 106 Å². The number of benzene rings is 2. The van der Waals surface area contributed by atoms with Crippen molar-refractivity contribution < 1.29 is 47.7 Å². The quantitative estimate of drug-likeness (QED) is 0.239. The van der Waals surface area contributed by atoms with E-state index in [2.05, 4.69) is 0 Å². The number of aliphatic hydroxyl groups excluding tert-OH is 4. The SMILES string of the molecule is O=C1C=CC(=C(c2ccc(O[C@@H]3O[C@H](CO)[C@@H](O)[C@H](O)[C@H]3O)c(Cl)c2)c2ccccc2S(=O)(=O)O)C=C1Cl.[Na]. The molecule has 14 heteroatoms. The van der Waals surface area contributed by atoms with E-state index in [0.29, 0.717) is 11.1 Å². The van der Waals surface area contributed by atoms with Crippen LogP contribution >= 0.6 is 23.2 Å². The Morgan fingerprint density at radius 2 is 1.69 bits per heavy atom. The summed E-state index contributed by atoms with van der Waals surface area (Å²) >= 11 is 12.5. The molecule has 5 N–H and O–H groups in total. The predicted molar refractivity (Wildman–Crippen MR) is 142 cm³/mol. The molecule has 0 aromatic heterocycles. The molecule has 1 aliphatic carbocycles. The first-order chi connectivity index (χ1) is 17.9. The van der Waals surface area contributed by atoms with Crippen molar-refractivity contribution in [2.45, 2.75) is 35.6 Å². The summed E-state index contributed by atoms with van der Waals surface area (Å²) in [6, 6.07) is 9.97. The van der Waals surface area contributed by atoms with Crippen molar-refractivity contribution in [1.29, 1.82) is 0 Å². The zero-order valence-corrected chi connectivity index (χ0v) is 24.6. The number of aliphatic hydroxyl groups is 4. The number of allylic oxidation sites excluding steroid dienone is 5. The van der Waals surface area contributed by atoms with Gasteiger partial charge in [-0.05, 0) is 47.1 Å². The molecule has 1 saturated heterocycles. The molecule has 5 atom stereocenters. The molecule has 1 radical (unpaired) electrons. The van der Waals surface area contributed by atoms with E-state index < -0.39 is 58.1 Å². The Hall–Kier alpha value is -1.58. The third-order valence-corrected chi connectivity index (χ3v) is 7.47. The van der Waals surface area contributed by atoms with Gasteiger partial charge in [-0.15, -0.1) is 0 Å². The van der Waals surface area contributed by atoms with Crippen LogP contribution in [0, 0.1) is 0 Å². The van der Waals surface area contributed by atoms with Crippen LogP contribution in [0.4, 0.5) is 0 Å². The minimum atomic E-state index is -4.66. The molecule has 0 amide bonds.